The molecule has 0 saturated heterocycles. The normalized spacial score (nSPS) is 10.0. The number of aryl methyl sites for hydroxylation is 1. The van der Waals surface area contributed by atoms with Crippen LogP contribution in [0.3, 0.4) is 0 Å². The first-order valence-electron chi connectivity index (χ1n) is 4.18. The molecular weight excluding hydrogens is 202 g/mol. The van der Waals surface area contributed by atoms with Crippen molar-refractivity contribution in [2.24, 2.45) is 5.73 Å². The minimum Gasteiger partial charge on any atom is -0.326 e. The van der Waals surface area contributed by atoms with Gasteiger partial charge in [0.25, 0.3) is 0 Å². The summed E-state index contributed by atoms with van der Waals surface area (Å²) in [4.78, 5) is 0.926. The SMILES string of the molecule is NCC(=S)CCc1ccc(Cl)cc1. The van der Waals surface area contributed by atoms with Crippen molar-refractivity contribution in [2.45, 2.75) is 12.8 Å². The molecule has 0 spiro atoms. The maximum atomic E-state index is 5.76. The summed E-state index contributed by atoms with van der Waals surface area (Å²) < 4.78 is 0. The Bertz CT molecular complexity index is 281. The minimum absolute atomic E-state index is 0.503. The van der Waals surface area contributed by atoms with Crippen LogP contribution in [-0.4, -0.2) is 11.4 Å². The molecule has 0 unspecified atom stereocenters. The average molecular weight is 214 g/mol. The number of hydrogen-bond acceptors (Lipinski definition) is 2. The summed E-state index contributed by atoms with van der Waals surface area (Å²) in [6, 6.07) is 7.81. The molecule has 1 aromatic rings. The van der Waals surface area contributed by atoms with E-state index in [1.165, 1.54) is 5.56 Å². The Balaban J connectivity index is 2.46. The maximum absolute atomic E-state index is 5.76. The van der Waals surface area contributed by atoms with Crippen LogP contribution in [-0.2, 0) is 6.42 Å². The monoisotopic (exact) mass is 213 g/mol. The van der Waals surface area contributed by atoms with Crippen LogP contribution in [0.4, 0.5) is 0 Å². The highest BCUT2D eigenvalue weighted by molar-refractivity contribution is 7.80. The molecule has 3 heteroatoms. The van der Waals surface area contributed by atoms with Crippen LogP contribution in [0.2, 0.25) is 5.02 Å². The third kappa shape index (κ3) is 3.85. The molecule has 13 heavy (non-hydrogen) atoms. The van der Waals surface area contributed by atoms with E-state index in [1.807, 2.05) is 24.3 Å². The molecule has 0 aliphatic carbocycles. The Kier molecular flexibility index (Phi) is 4.36. The van der Waals surface area contributed by atoms with Gasteiger partial charge in [0.1, 0.15) is 0 Å². The highest BCUT2D eigenvalue weighted by Gasteiger charge is 1.96. The summed E-state index contributed by atoms with van der Waals surface area (Å²) in [5, 5.41) is 0.769. The molecule has 1 nitrogen and oxygen atoms in total. The van der Waals surface area contributed by atoms with Gasteiger partial charge < -0.3 is 5.73 Å². The Morgan fingerprint density at radius 2 is 1.92 bits per heavy atom. The minimum atomic E-state index is 0.503. The summed E-state index contributed by atoms with van der Waals surface area (Å²) in [6.07, 6.45) is 1.83. The molecule has 0 saturated carbocycles. The van der Waals surface area contributed by atoms with Gasteiger partial charge in [-0.15, -0.1) is 0 Å². The predicted octanol–water partition coefficient (Wildman–Crippen LogP) is 2.60. The van der Waals surface area contributed by atoms with Gasteiger partial charge in [0, 0.05) is 16.4 Å². The van der Waals surface area contributed by atoms with E-state index >= 15 is 0 Å². The van der Waals surface area contributed by atoms with E-state index in [9.17, 15) is 0 Å². The largest absolute Gasteiger partial charge is 0.326 e. The molecule has 0 fully saturated rings. The van der Waals surface area contributed by atoms with Gasteiger partial charge in [-0.05, 0) is 30.5 Å². The van der Waals surface area contributed by atoms with E-state index in [1.54, 1.807) is 0 Å². The topological polar surface area (TPSA) is 26.0 Å². The molecule has 1 rings (SSSR count). The van der Waals surface area contributed by atoms with Crippen molar-refractivity contribution >= 4 is 28.7 Å². The van der Waals surface area contributed by atoms with E-state index in [-0.39, 0.29) is 0 Å². The first kappa shape index (κ1) is 10.6. The summed E-state index contributed by atoms with van der Waals surface area (Å²) in [7, 11) is 0. The van der Waals surface area contributed by atoms with Gasteiger partial charge in [0.2, 0.25) is 0 Å². The van der Waals surface area contributed by atoms with E-state index in [0.29, 0.717) is 6.54 Å². The molecule has 2 N–H and O–H groups in total. The van der Waals surface area contributed by atoms with Gasteiger partial charge in [0.05, 0.1) is 0 Å². The van der Waals surface area contributed by atoms with Crippen molar-refractivity contribution < 1.29 is 0 Å². The average Bonchev–Trinajstić information content (AvgIpc) is 2.16. The summed E-state index contributed by atoms with van der Waals surface area (Å²) in [5.74, 6) is 0. The van der Waals surface area contributed by atoms with Crippen LogP contribution < -0.4 is 5.73 Å². The first-order chi connectivity index (χ1) is 6.22. The van der Waals surface area contributed by atoms with Crippen molar-refractivity contribution in [1.82, 2.24) is 0 Å². The third-order valence-corrected chi connectivity index (χ3v) is 2.46. The fourth-order valence-electron chi connectivity index (χ4n) is 1.04. The molecule has 0 aromatic heterocycles. The number of benzene rings is 1. The zero-order valence-corrected chi connectivity index (χ0v) is 8.87. The van der Waals surface area contributed by atoms with Crippen molar-refractivity contribution in [1.29, 1.82) is 0 Å². The fourth-order valence-corrected chi connectivity index (χ4v) is 1.26. The van der Waals surface area contributed by atoms with E-state index in [2.05, 4.69) is 0 Å². The Hall–Kier alpha value is -0.440. The Morgan fingerprint density at radius 1 is 1.31 bits per heavy atom. The van der Waals surface area contributed by atoms with Crippen molar-refractivity contribution in [2.75, 3.05) is 6.54 Å². The van der Waals surface area contributed by atoms with Gasteiger partial charge in [-0.3, -0.25) is 0 Å². The van der Waals surface area contributed by atoms with Crippen molar-refractivity contribution in [3.05, 3.63) is 34.9 Å². The molecular formula is C10H12ClNS. The lowest BCUT2D eigenvalue weighted by Crippen LogP contribution is -2.11. The second kappa shape index (κ2) is 5.32. The zero-order valence-electron chi connectivity index (χ0n) is 7.29. The molecule has 0 aliphatic heterocycles. The highest BCUT2D eigenvalue weighted by atomic mass is 35.5. The molecule has 70 valence electrons. The standard InChI is InChI=1S/C10H12ClNS/c11-9-4-1-8(2-5-9)3-6-10(13)7-12/h1-2,4-5H,3,6-7,12H2. The molecule has 1 aromatic carbocycles. The van der Waals surface area contributed by atoms with Crippen LogP contribution in [0.1, 0.15) is 12.0 Å². The maximum Gasteiger partial charge on any atom is 0.0406 e. The lowest BCUT2D eigenvalue weighted by atomic mass is 10.1. The van der Waals surface area contributed by atoms with Gasteiger partial charge in [-0.25, -0.2) is 0 Å². The van der Waals surface area contributed by atoms with Crippen LogP contribution in [0, 0.1) is 0 Å². The van der Waals surface area contributed by atoms with E-state index in [0.717, 1.165) is 22.7 Å². The Morgan fingerprint density at radius 3 is 2.46 bits per heavy atom. The molecule has 0 amide bonds. The number of nitrogens with two attached hydrogens (primary N) is 1. The zero-order chi connectivity index (χ0) is 9.68. The predicted molar refractivity (Wildman–Crippen MR) is 61.4 cm³/mol. The van der Waals surface area contributed by atoms with Crippen LogP contribution in [0.25, 0.3) is 0 Å². The second-order valence-corrected chi connectivity index (χ2v) is 3.88. The number of halogens is 1. The second-order valence-electron chi connectivity index (χ2n) is 2.87. The van der Waals surface area contributed by atoms with Crippen LogP contribution in [0.15, 0.2) is 24.3 Å². The lowest BCUT2D eigenvalue weighted by molar-refractivity contribution is 1.03. The Labute approximate surface area is 88.9 Å². The fraction of sp³-hybridized carbons (Fsp3) is 0.300. The third-order valence-electron chi connectivity index (χ3n) is 1.83. The number of rotatable bonds is 4. The van der Waals surface area contributed by atoms with Crippen molar-refractivity contribution in [3.8, 4) is 0 Å². The lowest BCUT2D eigenvalue weighted by Gasteiger charge is -2.01. The first-order valence-corrected chi connectivity index (χ1v) is 4.97. The summed E-state index contributed by atoms with van der Waals surface area (Å²) >= 11 is 10.8. The van der Waals surface area contributed by atoms with Gasteiger partial charge >= 0.3 is 0 Å². The number of thiocarbonyl (C=S) groups is 1. The molecule has 0 aliphatic rings. The van der Waals surface area contributed by atoms with E-state index < -0.39 is 0 Å². The molecule has 0 bridgehead atoms. The van der Waals surface area contributed by atoms with Crippen molar-refractivity contribution in [3.63, 3.8) is 0 Å². The molecule has 0 radical (unpaired) electrons. The van der Waals surface area contributed by atoms with Gasteiger partial charge in [-0.2, -0.15) is 0 Å². The summed E-state index contributed by atoms with van der Waals surface area (Å²) in [5.41, 5.74) is 6.65. The smallest absolute Gasteiger partial charge is 0.0406 e. The number of hydrogen-bond donors (Lipinski definition) is 1. The molecule has 0 heterocycles. The summed E-state index contributed by atoms with van der Waals surface area (Å²) in [6.45, 7) is 0.503. The molecule has 0 atom stereocenters. The van der Waals surface area contributed by atoms with E-state index in [4.69, 9.17) is 29.6 Å². The highest BCUT2D eigenvalue weighted by Crippen LogP contribution is 2.11. The van der Waals surface area contributed by atoms with Gasteiger partial charge in [0.15, 0.2) is 0 Å². The van der Waals surface area contributed by atoms with Crippen LogP contribution >= 0.6 is 23.8 Å². The van der Waals surface area contributed by atoms with Crippen LogP contribution in [0.5, 0.6) is 0 Å². The quantitative estimate of drug-likeness (QED) is 0.779. The van der Waals surface area contributed by atoms with Gasteiger partial charge in [-0.1, -0.05) is 36.0 Å².